The Kier molecular flexibility index (Phi) is 10.1. The lowest BCUT2D eigenvalue weighted by atomic mass is 10.3. The maximum atomic E-state index is 11.5. The molecule has 0 aliphatic rings. The van der Waals surface area contributed by atoms with E-state index < -0.39 is 17.1 Å². The molecular weight excluding hydrogens is 306 g/mol. The Morgan fingerprint density at radius 1 is 1.10 bits per heavy atom. The van der Waals surface area contributed by atoms with Crippen molar-refractivity contribution in [2.24, 2.45) is 0 Å². The van der Waals surface area contributed by atoms with Gasteiger partial charge in [0.05, 0.1) is 0 Å². The molecule has 0 spiro atoms. The SMILES string of the molecule is CCCO[Si](CCCCNC(=O)O[Si](C)(C)C)(OC)OC. The van der Waals surface area contributed by atoms with E-state index in [1.54, 1.807) is 14.2 Å². The van der Waals surface area contributed by atoms with E-state index in [4.69, 9.17) is 17.7 Å². The van der Waals surface area contributed by atoms with E-state index in [1.165, 1.54) is 0 Å². The highest BCUT2D eigenvalue weighted by Crippen LogP contribution is 2.17. The molecule has 0 heterocycles. The van der Waals surface area contributed by atoms with Crippen molar-refractivity contribution in [2.75, 3.05) is 27.4 Å². The van der Waals surface area contributed by atoms with Crippen molar-refractivity contribution in [3.05, 3.63) is 0 Å². The molecule has 126 valence electrons. The number of hydrogen-bond acceptors (Lipinski definition) is 5. The zero-order valence-electron chi connectivity index (χ0n) is 14.3. The first kappa shape index (κ1) is 20.6. The second-order valence-electron chi connectivity index (χ2n) is 5.83. The molecule has 0 saturated carbocycles. The van der Waals surface area contributed by atoms with Crippen LogP contribution in [0.25, 0.3) is 0 Å². The van der Waals surface area contributed by atoms with Crippen molar-refractivity contribution in [3.8, 4) is 0 Å². The van der Waals surface area contributed by atoms with Crippen molar-refractivity contribution in [1.82, 2.24) is 5.32 Å². The number of rotatable bonds is 11. The zero-order chi connectivity index (χ0) is 16.4. The highest BCUT2D eigenvalue weighted by atomic mass is 28.4. The molecule has 1 amide bonds. The van der Waals surface area contributed by atoms with Gasteiger partial charge in [-0.25, -0.2) is 4.79 Å². The van der Waals surface area contributed by atoms with Gasteiger partial charge < -0.3 is 23.0 Å². The van der Waals surface area contributed by atoms with E-state index in [0.717, 1.165) is 25.3 Å². The van der Waals surface area contributed by atoms with Crippen molar-refractivity contribution in [3.63, 3.8) is 0 Å². The normalized spacial score (nSPS) is 12.3. The monoisotopic (exact) mass is 337 g/mol. The highest BCUT2D eigenvalue weighted by Gasteiger charge is 2.37. The van der Waals surface area contributed by atoms with Gasteiger partial charge in [0.15, 0.2) is 0 Å². The number of nitrogens with one attached hydrogen (secondary N) is 1. The Morgan fingerprint density at radius 2 is 1.71 bits per heavy atom. The Hall–Kier alpha value is -0.416. The molecule has 0 fully saturated rings. The molecular formula is C13H31NO5Si2. The van der Waals surface area contributed by atoms with Crippen LogP contribution in [0, 0.1) is 0 Å². The van der Waals surface area contributed by atoms with Gasteiger partial charge in [-0.15, -0.1) is 0 Å². The van der Waals surface area contributed by atoms with Gasteiger partial charge in [-0.1, -0.05) is 6.92 Å². The third kappa shape index (κ3) is 10.0. The molecule has 0 aliphatic carbocycles. The van der Waals surface area contributed by atoms with Crippen molar-refractivity contribution in [1.29, 1.82) is 0 Å². The first-order chi connectivity index (χ1) is 9.78. The number of amides is 1. The first-order valence-electron chi connectivity index (χ1n) is 7.49. The van der Waals surface area contributed by atoms with Crippen LogP contribution >= 0.6 is 0 Å². The van der Waals surface area contributed by atoms with Gasteiger partial charge in [0.25, 0.3) is 0 Å². The molecule has 0 aromatic carbocycles. The van der Waals surface area contributed by atoms with Crippen molar-refractivity contribution < 1.29 is 22.5 Å². The Labute approximate surface area is 131 Å². The fraction of sp³-hybridized carbons (Fsp3) is 0.923. The smallest absolute Gasteiger partial charge is 0.500 e. The minimum atomic E-state index is -2.52. The van der Waals surface area contributed by atoms with Crippen LogP contribution in [0.1, 0.15) is 26.2 Å². The predicted octanol–water partition coefficient (Wildman–Crippen LogP) is 2.99. The molecule has 0 atom stereocenters. The van der Waals surface area contributed by atoms with E-state index in [2.05, 4.69) is 12.2 Å². The lowest BCUT2D eigenvalue weighted by Crippen LogP contribution is -2.44. The van der Waals surface area contributed by atoms with Crippen LogP contribution in [0.15, 0.2) is 0 Å². The van der Waals surface area contributed by atoms with Gasteiger partial charge in [0.2, 0.25) is 8.32 Å². The molecule has 0 unspecified atom stereocenters. The summed E-state index contributed by atoms with van der Waals surface area (Å²) < 4.78 is 22.0. The average molecular weight is 338 g/mol. The number of carbonyl (C=O) groups excluding carboxylic acids is 1. The largest absolute Gasteiger partial charge is 0.504 e. The number of hydrogen-bond donors (Lipinski definition) is 1. The van der Waals surface area contributed by atoms with E-state index in [0.29, 0.717) is 13.2 Å². The van der Waals surface area contributed by atoms with E-state index >= 15 is 0 Å². The molecule has 0 bridgehead atoms. The molecule has 0 rings (SSSR count). The molecule has 0 aromatic rings. The van der Waals surface area contributed by atoms with Gasteiger partial charge in [-0.05, 0) is 38.9 Å². The lowest BCUT2D eigenvalue weighted by Gasteiger charge is -2.26. The van der Waals surface area contributed by atoms with Crippen LogP contribution in [0.3, 0.4) is 0 Å². The summed E-state index contributed by atoms with van der Waals surface area (Å²) in [5.74, 6) is 0. The Balaban J connectivity index is 3.93. The molecule has 21 heavy (non-hydrogen) atoms. The zero-order valence-corrected chi connectivity index (χ0v) is 16.3. The van der Waals surface area contributed by atoms with Crippen LogP contribution in [0.2, 0.25) is 25.7 Å². The van der Waals surface area contributed by atoms with Gasteiger partial charge in [0, 0.05) is 33.4 Å². The summed E-state index contributed by atoms with van der Waals surface area (Å²) in [5, 5.41) is 2.77. The molecule has 8 heteroatoms. The second-order valence-corrected chi connectivity index (χ2v) is 13.2. The molecule has 6 nitrogen and oxygen atoms in total. The summed E-state index contributed by atoms with van der Waals surface area (Å²) >= 11 is 0. The van der Waals surface area contributed by atoms with E-state index in [-0.39, 0.29) is 6.09 Å². The minimum absolute atomic E-state index is 0.321. The van der Waals surface area contributed by atoms with Crippen LogP contribution in [0.4, 0.5) is 4.79 Å². The maximum Gasteiger partial charge on any atom is 0.500 e. The minimum Gasteiger partial charge on any atom is -0.504 e. The van der Waals surface area contributed by atoms with Crippen LogP contribution in [0.5, 0.6) is 0 Å². The van der Waals surface area contributed by atoms with Gasteiger partial charge in [0.1, 0.15) is 0 Å². The van der Waals surface area contributed by atoms with Gasteiger partial charge in [-0.3, -0.25) is 0 Å². The van der Waals surface area contributed by atoms with Crippen LogP contribution in [-0.2, 0) is 17.7 Å². The first-order valence-corrected chi connectivity index (χ1v) is 12.8. The highest BCUT2D eigenvalue weighted by molar-refractivity contribution is 6.71. The summed E-state index contributed by atoms with van der Waals surface area (Å²) in [6, 6.07) is 0.755. The Morgan fingerprint density at radius 3 is 2.19 bits per heavy atom. The van der Waals surface area contributed by atoms with Gasteiger partial charge in [-0.2, -0.15) is 0 Å². The summed E-state index contributed by atoms with van der Waals surface area (Å²) in [7, 11) is -1.06. The quantitative estimate of drug-likeness (QED) is 0.464. The molecule has 0 radical (unpaired) electrons. The average Bonchev–Trinajstić information content (AvgIpc) is 2.40. The third-order valence-corrected chi connectivity index (χ3v) is 6.38. The van der Waals surface area contributed by atoms with Crippen molar-refractivity contribution in [2.45, 2.75) is 51.9 Å². The maximum absolute atomic E-state index is 11.5. The number of unbranched alkanes of at least 4 members (excludes halogenated alkanes) is 1. The molecule has 0 saturated heterocycles. The third-order valence-electron chi connectivity index (χ3n) is 2.73. The molecule has 0 aromatic heterocycles. The topological polar surface area (TPSA) is 66.0 Å². The number of carbonyl (C=O) groups is 1. The van der Waals surface area contributed by atoms with E-state index in [9.17, 15) is 4.79 Å². The summed E-state index contributed by atoms with van der Waals surface area (Å²) in [6.45, 7) is 9.24. The van der Waals surface area contributed by atoms with Crippen LogP contribution in [-0.4, -0.2) is 50.6 Å². The van der Waals surface area contributed by atoms with E-state index in [1.807, 2.05) is 19.6 Å². The summed E-state index contributed by atoms with van der Waals surface area (Å²) in [5.41, 5.74) is 0. The molecule has 1 N–H and O–H groups in total. The van der Waals surface area contributed by atoms with Gasteiger partial charge >= 0.3 is 14.9 Å². The summed E-state index contributed by atoms with van der Waals surface area (Å²) in [4.78, 5) is 11.5. The predicted molar refractivity (Wildman–Crippen MR) is 87.9 cm³/mol. The summed E-state index contributed by atoms with van der Waals surface area (Å²) in [6.07, 6.45) is 2.34. The second kappa shape index (κ2) is 10.3. The lowest BCUT2D eigenvalue weighted by molar-refractivity contribution is 0.0976. The molecule has 0 aliphatic heterocycles. The van der Waals surface area contributed by atoms with Crippen molar-refractivity contribution >= 4 is 23.2 Å². The van der Waals surface area contributed by atoms with Crippen LogP contribution < -0.4 is 5.32 Å². The Bertz CT molecular complexity index is 293. The fourth-order valence-corrected chi connectivity index (χ4v) is 4.49. The standard InChI is InChI=1S/C13H31NO5Si2/c1-7-11-18-21(16-2,17-3)12-9-8-10-14-13(15)19-20(4,5)6/h7-12H2,1-6H3,(H,14,15). The fourth-order valence-electron chi connectivity index (χ4n) is 1.71.